The molecule has 0 aliphatic heterocycles. The van der Waals surface area contributed by atoms with Gasteiger partial charge >= 0.3 is 0 Å². The van der Waals surface area contributed by atoms with E-state index in [-0.39, 0.29) is 0 Å². The molecule has 0 spiro atoms. The lowest BCUT2D eigenvalue weighted by Gasteiger charge is -2.13. The van der Waals surface area contributed by atoms with Crippen LogP contribution in [0, 0.1) is 0 Å². The van der Waals surface area contributed by atoms with Crippen LogP contribution in [0.3, 0.4) is 0 Å². The second kappa shape index (κ2) is 4.92. The van der Waals surface area contributed by atoms with Crippen molar-refractivity contribution in [3.8, 4) is 5.75 Å². The fourth-order valence-corrected chi connectivity index (χ4v) is 1.65. The third-order valence-corrected chi connectivity index (χ3v) is 2.49. The van der Waals surface area contributed by atoms with Crippen LogP contribution >= 0.6 is 0 Å². The minimum Gasteiger partial charge on any atom is -0.493 e. The summed E-state index contributed by atoms with van der Waals surface area (Å²) in [5, 5.41) is 14.4. The molecule has 6 heteroatoms. The van der Waals surface area contributed by atoms with Gasteiger partial charge in [-0.3, -0.25) is 14.6 Å². The Morgan fingerprint density at radius 2 is 2.24 bits per heavy atom. The second-order valence-electron chi connectivity index (χ2n) is 3.45. The summed E-state index contributed by atoms with van der Waals surface area (Å²) in [7, 11) is 1.55. The topological polar surface area (TPSA) is 73.1 Å². The van der Waals surface area contributed by atoms with Crippen molar-refractivity contribution in [1.82, 2.24) is 19.7 Å². The summed E-state index contributed by atoms with van der Waals surface area (Å²) in [4.78, 5) is 8.01. The molecule has 90 valence electrons. The van der Waals surface area contributed by atoms with Crippen LogP contribution in [0.25, 0.3) is 0 Å². The Morgan fingerprint density at radius 1 is 1.41 bits per heavy atom. The van der Waals surface area contributed by atoms with Gasteiger partial charge in [0.05, 0.1) is 25.2 Å². The van der Waals surface area contributed by atoms with E-state index < -0.39 is 6.10 Å². The largest absolute Gasteiger partial charge is 0.493 e. The molecule has 2 aromatic rings. The van der Waals surface area contributed by atoms with Gasteiger partial charge in [-0.15, -0.1) is 0 Å². The molecule has 1 atom stereocenters. The van der Waals surface area contributed by atoms with Crippen molar-refractivity contribution < 1.29 is 9.84 Å². The van der Waals surface area contributed by atoms with Crippen LogP contribution in [0.1, 0.15) is 24.4 Å². The van der Waals surface area contributed by atoms with Gasteiger partial charge in [0.15, 0.2) is 5.75 Å². The molecule has 0 aromatic carbocycles. The number of methoxy groups -OCH3 is 1. The predicted octanol–water partition coefficient (Wildman–Crippen LogP) is 0.783. The molecule has 1 unspecified atom stereocenters. The molecular weight excluding hydrogens is 220 g/mol. The predicted molar refractivity (Wildman–Crippen MR) is 60.5 cm³/mol. The van der Waals surface area contributed by atoms with Crippen LogP contribution in [-0.4, -0.2) is 32.0 Å². The van der Waals surface area contributed by atoms with E-state index in [2.05, 4.69) is 15.1 Å². The molecule has 2 rings (SSSR count). The van der Waals surface area contributed by atoms with Crippen LogP contribution in [0.15, 0.2) is 24.8 Å². The van der Waals surface area contributed by atoms with E-state index in [1.54, 1.807) is 24.2 Å². The van der Waals surface area contributed by atoms with Crippen molar-refractivity contribution >= 4 is 0 Å². The quantitative estimate of drug-likeness (QED) is 0.846. The van der Waals surface area contributed by atoms with E-state index in [1.807, 2.05) is 6.92 Å². The molecule has 0 radical (unpaired) electrons. The highest BCUT2D eigenvalue weighted by molar-refractivity contribution is 5.31. The number of aromatic nitrogens is 4. The standard InChI is InChI=1S/C11H14N4O2/c1-3-15-10(9(17-2)7-14-15)11(16)8-6-12-4-5-13-8/h4-7,11,16H,3H2,1-2H3. The third kappa shape index (κ3) is 2.12. The lowest BCUT2D eigenvalue weighted by Crippen LogP contribution is -2.11. The van der Waals surface area contributed by atoms with Crippen LogP contribution in [0.5, 0.6) is 5.75 Å². The average molecular weight is 234 g/mol. The molecule has 1 N–H and O–H groups in total. The van der Waals surface area contributed by atoms with E-state index in [0.29, 0.717) is 23.7 Å². The molecule has 17 heavy (non-hydrogen) atoms. The van der Waals surface area contributed by atoms with Crippen LogP contribution < -0.4 is 4.74 Å². The van der Waals surface area contributed by atoms with Gasteiger partial charge in [0.1, 0.15) is 11.8 Å². The zero-order valence-electron chi connectivity index (χ0n) is 9.74. The first-order valence-electron chi connectivity index (χ1n) is 5.31. The van der Waals surface area contributed by atoms with Crippen molar-refractivity contribution in [2.24, 2.45) is 0 Å². The lowest BCUT2D eigenvalue weighted by atomic mass is 10.2. The van der Waals surface area contributed by atoms with E-state index in [0.717, 1.165) is 0 Å². The molecule has 0 aliphatic rings. The Balaban J connectivity index is 2.42. The molecule has 2 heterocycles. The normalized spacial score (nSPS) is 12.4. The Hall–Kier alpha value is -1.95. The molecule has 6 nitrogen and oxygen atoms in total. The monoisotopic (exact) mass is 234 g/mol. The van der Waals surface area contributed by atoms with Gasteiger partial charge < -0.3 is 9.84 Å². The van der Waals surface area contributed by atoms with E-state index in [9.17, 15) is 5.11 Å². The molecular formula is C11H14N4O2. The highest BCUT2D eigenvalue weighted by Crippen LogP contribution is 2.28. The minimum absolute atomic E-state index is 0.473. The second-order valence-corrected chi connectivity index (χ2v) is 3.45. The zero-order chi connectivity index (χ0) is 12.3. The number of aliphatic hydroxyl groups is 1. The first-order chi connectivity index (χ1) is 8.27. The van der Waals surface area contributed by atoms with Gasteiger partial charge in [-0.25, -0.2) is 0 Å². The van der Waals surface area contributed by atoms with Gasteiger partial charge in [-0.05, 0) is 6.92 Å². The Kier molecular flexibility index (Phi) is 3.34. The first-order valence-corrected chi connectivity index (χ1v) is 5.31. The Morgan fingerprint density at radius 3 is 2.82 bits per heavy atom. The first kappa shape index (κ1) is 11.5. The van der Waals surface area contributed by atoms with Gasteiger partial charge in [0.2, 0.25) is 0 Å². The molecule has 0 aliphatic carbocycles. The fourth-order valence-electron chi connectivity index (χ4n) is 1.65. The van der Waals surface area contributed by atoms with Crippen LogP contribution in [-0.2, 0) is 6.54 Å². The summed E-state index contributed by atoms with van der Waals surface area (Å²) >= 11 is 0. The summed E-state index contributed by atoms with van der Waals surface area (Å²) in [5.74, 6) is 0.546. The molecule has 0 fully saturated rings. The highest BCUT2D eigenvalue weighted by atomic mass is 16.5. The van der Waals surface area contributed by atoms with Crippen molar-refractivity contribution in [2.75, 3.05) is 7.11 Å². The van der Waals surface area contributed by atoms with Crippen LogP contribution in [0.4, 0.5) is 0 Å². The number of rotatable bonds is 4. The van der Waals surface area contributed by atoms with Crippen molar-refractivity contribution in [2.45, 2.75) is 19.6 Å². The number of nitrogens with zero attached hydrogens (tertiary/aromatic N) is 4. The summed E-state index contributed by atoms with van der Waals surface area (Å²) < 4.78 is 6.86. The summed E-state index contributed by atoms with van der Waals surface area (Å²) in [6, 6.07) is 0. The maximum Gasteiger partial charge on any atom is 0.163 e. The summed E-state index contributed by atoms with van der Waals surface area (Å²) in [5.41, 5.74) is 1.07. The van der Waals surface area contributed by atoms with Crippen molar-refractivity contribution in [1.29, 1.82) is 0 Å². The molecule has 2 aromatic heterocycles. The third-order valence-electron chi connectivity index (χ3n) is 2.49. The fraction of sp³-hybridized carbons (Fsp3) is 0.364. The Bertz CT molecular complexity index is 462. The summed E-state index contributed by atoms with van der Waals surface area (Å²) in [6.45, 7) is 2.59. The SMILES string of the molecule is CCn1ncc(OC)c1C(O)c1cnccn1. The maximum atomic E-state index is 10.3. The number of aliphatic hydroxyl groups excluding tert-OH is 1. The van der Waals surface area contributed by atoms with E-state index >= 15 is 0 Å². The number of ether oxygens (including phenoxy) is 1. The smallest absolute Gasteiger partial charge is 0.163 e. The lowest BCUT2D eigenvalue weighted by molar-refractivity contribution is 0.197. The van der Waals surface area contributed by atoms with Crippen molar-refractivity contribution in [3.05, 3.63) is 36.2 Å². The zero-order valence-corrected chi connectivity index (χ0v) is 9.74. The van der Waals surface area contributed by atoms with Gasteiger partial charge in [0, 0.05) is 18.9 Å². The molecule has 0 saturated heterocycles. The van der Waals surface area contributed by atoms with Gasteiger partial charge in [-0.2, -0.15) is 5.10 Å². The van der Waals surface area contributed by atoms with E-state index in [4.69, 9.17) is 4.74 Å². The van der Waals surface area contributed by atoms with Gasteiger partial charge in [0.25, 0.3) is 0 Å². The Labute approximate surface area is 98.9 Å². The minimum atomic E-state index is -0.888. The average Bonchev–Trinajstić information content (AvgIpc) is 2.81. The van der Waals surface area contributed by atoms with Crippen LogP contribution in [0.2, 0.25) is 0 Å². The van der Waals surface area contributed by atoms with Gasteiger partial charge in [-0.1, -0.05) is 0 Å². The molecule has 0 saturated carbocycles. The van der Waals surface area contributed by atoms with E-state index in [1.165, 1.54) is 12.4 Å². The van der Waals surface area contributed by atoms with Crippen molar-refractivity contribution in [3.63, 3.8) is 0 Å². The number of aryl methyl sites for hydroxylation is 1. The summed E-state index contributed by atoms with van der Waals surface area (Å²) in [6.07, 6.45) is 5.32. The molecule has 0 bridgehead atoms. The number of hydrogen-bond donors (Lipinski definition) is 1. The number of hydrogen-bond acceptors (Lipinski definition) is 5. The highest BCUT2D eigenvalue weighted by Gasteiger charge is 2.22. The maximum absolute atomic E-state index is 10.3. The molecule has 0 amide bonds.